The molecule has 0 unspecified atom stereocenters. The molecule has 19 heavy (non-hydrogen) atoms. The van der Waals surface area contributed by atoms with Gasteiger partial charge in [0.25, 0.3) is 0 Å². The number of hydrogen-bond acceptors (Lipinski definition) is 3. The highest BCUT2D eigenvalue weighted by Crippen LogP contribution is 2.20. The highest BCUT2D eigenvalue weighted by atomic mass is 79.9. The average Bonchev–Trinajstić information content (AvgIpc) is 2.43. The van der Waals surface area contributed by atoms with Gasteiger partial charge >= 0.3 is 0 Å². The van der Waals surface area contributed by atoms with Gasteiger partial charge in [0.15, 0.2) is 0 Å². The third kappa shape index (κ3) is 4.61. The van der Waals surface area contributed by atoms with Crippen molar-refractivity contribution in [3.8, 4) is 5.75 Å². The number of hydrogen-bond donors (Lipinski definition) is 1. The molecule has 1 heterocycles. The molecule has 1 aromatic carbocycles. The van der Waals surface area contributed by atoms with Crippen molar-refractivity contribution < 1.29 is 9.13 Å². The number of rotatable bonds is 6. The van der Waals surface area contributed by atoms with Gasteiger partial charge in [0.2, 0.25) is 0 Å². The topological polar surface area (TPSA) is 34.1 Å². The molecule has 0 atom stereocenters. The summed E-state index contributed by atoms with van der Waals surface area (Å²) in [6.07, 6.45) is 3.56. The minimum absolute atomic E-state index is 0.319. The maximum absolute atomic E-state index is 13.2. The molecule has 1 aromatic heterocycles. The van der Waals surface area contributed by atoms with E-state index in [1.807, 2.05) is 18.3 Å². The fourth-order valence-electron chi connectivity index (χ4n) is 1.54. The van der Waals surface area contributed by atoms with E-state index in [2.05, 4.69) is 26.2 Å². The maximum atomic E-state index is 13.2. The first-order valence-corrected chi connectivity index (χ1v) is 6.72. The Labute approximate surface area is 119 Å². The Balaban J connectivity index is 1.68. The summed E-state index contributed by atoms with van der Waals surface area (Å²) >= 11 is 3.10. The van der Waals surface area contributed by atoms with Gasteiger partial charge in [-0.15, -0.1) is 0 Å². The van der Waals surface area contributed by atoms with Gasteiger partial charge < -0.3 is 10.1 Å². The van der Waals surface area contributed by atoms with Gasteiger partial charge in [-0.25, -0.2) is 4.39 Å². The lowest BCUT2D eigenvalue weighted by atomic mass is 10.3. The standard InChI is InChI=1S/C14H14BrFN2O/c15-13-4-3-12(8-14(13)16)19-7-6-18-10-11-2-1-5-17-9-11/h1-5,8-9,18H,6-7,10H2. The number of aromatic nitrogens is 1. The van der Waals surface area contributed by atoms with Crippen LogP contribution in [0.2, 0.25) is 0 Å². The van der Waals surface area contributed by atoms with Crippen molar-refractivity contribution in [2.45, 2.75) is 6.54 Å². The molecular weight excluding hydrogens is 311 g/mol. The summed E-state index contributed by atoms with van der Waals surface area (Å²) in [7, 11) is 0. The van der Waals surface area contributed by atoms with E-state index < -0.39 is 0 Å². The van der Waals surface area contributed by atoms with E-state index in [1.165, 1.54) is 6.07 Å². The highest BCUT2D eigenvalue weighted by Gasteiger charge is 2.01. The second kappa shape index (κ2) is 7.21. The minimum atomic E-state index is -0.319. The molecule has 0 spiro atoms. The summed E-state index contributed by atoms with van der Waals surface area (Å²) in [6, 6.07) is 8.64. The molecule has 3 nitrogen and oxygen atoms in total. The Morgan fingerprint density at radius 1 is 1.32 bits per heavy atom. The Morgan fingerprint density at radius 2 is 2.21 bits per heavy atom. The molecule has 0 amide bonds. The molecule has 2 rings (SSSR count). The lowest BCUT2D eigenvalue weighted by molar-refractivity contribution is 0.312. The summed E-state index contributed by atoms with van der Waals surface area (Å²) in [5, 5.41) is 3.23. The summed E-state index contributed by atoms with van der Waals surface area (Å²) < 4.78 is 19.1. The lowest BCUT2D eigenvalue weighted by Crippen LogP contribution is -2.20. The van der Waals surface area contributed by atoms with Crippen LogP contribution in [0.5, 0.6) is 5.75 Å². The van der Waals surface area contributed by atoms with Crippen molar-refractivity contribution in [3.05, 3.63) is 58.6 Å². The molecule has 0 aliphatic rings. The van der Waals surface area contributed by atoms with Crippen LogP contribution in [0.25, 0.3) is 0 Å². The number of halogens is 2. The van der Waals surface area contributed by atoms with E-state index in [4.69, 9.17) is 4.74 Å². The van der Waals surface area contributed by atoms with Crippen LogP contribution in [0.15, 0.2) is 47.2 Å². The fourth-order valence-corrected chi connectivity index (χ4v) is 1.79. The number of benzene rings is 1. The molecule has 0 saturated heterocycles. The molecule has 0 radical (unpaired) electrons. The molecule has 100 valence electrons. The Bertz CT molecular complexity index is 522. The largest absolute Gasteiger partial charge is 0.492 e. The van der Waals surface area contributed by atoms with E-state index >= 15 is 0 Å². The third-order valence-corrected chi connectivity index (χ3v) is 3.13. The van der Waals surface area contributed by atoms with Crippen LogP contribution in [0.3, 0.4) is 0 Å². The normalized spacial score (nSPS) is 10.4. The van der Waals surface area contributed by atoms with Crippen LogP contribution in [0.1, 0.15) is 5.56 Å². The molecule has 0 fully saturated rings. The van der Waals surface area contributed by atoms with Crippen molar-refractivity contribution in [1.82, 2.24) is 10.3 Å². The van der Waals surface area contributed by atoms with Gasteiger partial charge in [-0.2, -0.15) is 0 Å². The smallest absolute Gasteiger partial charge is 0.141 e. The minimum Gasteiger partial charge on any atom is -0.492 e. The van der Waals surface area contributed by atoms with E-state index in [1.54, 1.807) is 18.3 Å². The predicted molar refractivity (Wildman–Crippen MR) is 75.5 cm³/mol. The monoisotopic (exact) mass is 324 g/mol. The second-order valence-corrected chi connectivity index (χ2v) is 4.82. The first-order chi connectivity index (χ1) is 9.25. The zero-order valence-corrected chi connectivity index (χ0v) is 11.9. The quantitative estimate of drug-likeness (QED) is 0.829. The molecule has 1 N–H and O–H groups in total. The van der Waals surface area contributed by atoms with E-state index in [0.29, 0.717) is 23.4 Å². The van der Waals surface area contributed by atoms with Gasteiger partial charge in [-0.1, -0.05) is 6.07 Å². The van der Waals surface area contributed by atoms with Gasteiger partial charge in [-0.3, -0.25) is 4.98 Å². The highest BCUT2D eigenvalue weighted by molar-refractivity contribution is 9.10. The second-order valence-electron chi connectivity index (χ2n) is 3.96. The first-order valence-electron chi connectivity index (χ1n) is 5.93. The Kier molecular flexibility index (Phi) is 5.30. The average molecular weight is 325 g/mol. The number of pyridine rings is 1. The van der Waals surface area contributed by atoms with Crippen LogP contribution >= 0.6 is 15.9 Å². The summed E-state index contributed by atoms with van der Waals surface area (Å²) in [6.45, 7) is 1.92. The Hall–Kier alpha value is -1.46. The van der Waals surface area contributed by atoms with Gasteiger partial charge in [0, 0.05) is 31.5 Å². The number of nitrogens with one attached hydrogen (secondary N) is 1. The maximum Gasteiger partial charge on any atom is 0.141 e. The van der Waals surface area contributed by atoms with Crippen molar-refractivity contribution in [2.24, 2.45) is 0 Å². The molecular formula is C14H14BrFN2O. The van der Waals surface area contributed by atoms with Crippen molar-refractivity contribution in [1.29, 1.82) is 0 Å². The molecule has 0 aliphatic carbocycles. The molecule has 0 bridgehead atoms. The van der Waals surface area contributed by atoms with Crippen molar-refractivity contribution >= 4 is 15.9 Å². The summed E-state index contributed by atoms with van der Waals surface area (Å²) in [5.41, 5.74) is 1.12. The predicted octanol–water partition coefficient (Wildman–Crippen LogP) is 3.15. The molecule has 2 aromatic rings. The van der Waals surface area contributed by atoms with E-state index in [-0.39, 0.29) is 5.82 Å². The molecule has 0 aliphatic heterocycles. The van der Waals surface area contributed by atoms with Gasteiger partial charge in [0.1, 0.15) is 18.2 Å². The van der Waals surface area contributed by atoms with Gasteiger partial charge in [-0.05, 0) is 39.7 Å². The van der Waals surface area contributed by atoms with Crippen molar-refractivity contribution in [3.63, 3.8) is 0 Å². The molecule has 0 saturated carbocycles. The number of ether oxygens (including phenoxy) is 1. The van der Waals surface area contributed by atoms with Gasteiger partial charge in [0.05, 0.1) is 4.47 Å². The van der Waals surface area contributed by atoms with Crippen LogP contribution in [-0.2, 0) is 6.54 Å². The zero-order valence-electron chi connectivity index (χ0n) is 10.3. The van der Waals surface area contributed by atoms with Crippen molar-refractivity contribution in [2.75, 3.05) is 13.2 Å². The SMILES string of the molecule is Fc1cc(OCCNCc2cccnc2)ccc1Br. The third-order valence-electron chi connectivity index (χ3n) is 2.49. The lowest BCUT2D eigenvalue weighted by Gasteiger charge is -2.08. The van der Waals surface area contributed by atoms with E-state index in [0.717, 1.165) is 12.1 Å². The van der Waals surface area contributed by atoms with Crippen LogP contribution in [0.4, 0.5) is 4.39 Å². The zero-order chi connectivity index (χ0) is 13.5. The Morgan fingerprint density at radius 3 is 2.95 bits per heavy atom. The summed E-state index contributed by atoms with van der Waals surface area (Å²) in [5.74, 6) is 0.213. The van der Waals surface area contributed by atoms with Crippen LogP contribution in [0, 0.1) is 5.82 Å². The number of nitrogens with zero attached hydrogens (tertiary/aromatic N) is 1. The summed E-state index contributed by atoms with van der Waals surface area (Å²) in [4.78, 5) is 4.03. The van der Waals surface area contributed by atoms with Crippen LogP contribution in [-0.4, -0.2) is 18.1 Å². The van der Waals surface area contributed by atoms with Crippen LogP contribution < -0.4 is 10.1 Å². The fraction of sp³-hybridized carbons (Fsp3) is 0.214. The van der Waals surface area contributed by atoms with E-state index in [9.17, 15) is 4.39 Å². The first kappa shape index (κ1) is 14.0. The molecule has 5 heteroatoms.